The Hall–Kier alpha value is -1.21. The Morgan fingerprint density at radius 2 is 2.18 bits per heavy atom. The number of hydrogen-bond acceptors (Lipinski definition) is 5. The molecular weight excluding hydrogens is 242 g/mol. The van der Waals surface area contributed by atoms with E-state index in [-0.39, 0.29) is 23.1 Å². The lowest BCUT2D eigenvalue weighted by Crippen LogP contribution is -2.31. The van der Waals surface area contributed by atoms with Crippen LogP contribution in [0.25, 0.3) is 0 Å². The number of aromatic amines is 1. The smallest absolute Gasteiger partial charge is 0.255 e. The molecule has 0 saturated carbocycles. The zero-order valence-corrected chi connectivity index (χ0v) is 10.6. The lowest BCUT2D eigenvalue weighted by atomic mass is 10.2. The summed E-state index contributed by atoms with van der Waals surface area (Å²) in [5, 5.41) is 2.98. The molecule has 0 amide bonds. The highest BCUT2D eigenvalue weighted by Gasteiger charge is 2.25. The van der Waals surface area contributed by atoms with Crippen LogP contribution in [-0.2, 0) is 22.0 Å². The number of nitrogens with zero attached hydrogens (tertiary/aromatic N) is 1. The van der Waals surface area contributed by atoms with Crippen molar-refractivity contribution in [3.8, 4) is 0 Å². The molecule has 0 fully saturated rings. The molecule has 1 aliphatic heterocycles. The summed E-state index contributed by atoms with van der Waals surface area (Å²) in [6.07, 6.45) is 0.324. The minimum absolute atomic E-state index is 0.0634. The highest BCUT2D eigenvalue weighted by molar-refractivity contribution is 7.90. The molecule has 1 atom stereocenters. The number of hydrogen-bond donors (Lipinski definition) is 2. The highest BCUT2D eigenvalue weighted by atomic mass is 32.2. The van der Waals surface area contributed by atoms with Crippen LogP contribution >= 0.6 is 0 Å². The summed E-state index contributed by atoms with van der Waals surface area (Å²) < 4.78 is 22.9. The standard InChI is InChI=1S/C10H15N3O3S/c1-6(11-2)9-12-8-3-4-17(15,16)5-7(8)10(14)13-9/h6,11H,3-5H2,1-2H3,(H,12,13,14). The van der Waals surface area contributed by atoms with Gasteiger partial charge in [0.1, 0.15) is 5.82 Å². The molecule has 1 unspecified atom stereocenters. The van der Waals surface area contributed by atoms with Crippen molar-refractivity contribution in [3.63, 3.8) is 0 Å². The predicted octanol–water partition coefficient (Wildman–Crippen LogP) is -0.479. The van der Waals surface area contributed by atoms with Gasteiger partial charge in [-0.05, 0) is 14.0 Å². The molecule has 1 aromatic heterocycles. The maximum Gasteiger partial charge on any atom is 0.255 e. The molecule has 2 N–H and O–H groups in total. The molecule has 2 rings (SSSR count). The first-order valence-corrected chi connectivity index (χ1v) is 7.25. The zero-order valence-electron chi connectivity index (χ0n) is 9.78. The third-order valence-corrected chi connectivity index (χ3v) is 4.53. The van der Waals surface area contributed by atoms with Crippen molar-refractivity contribution >= 4 is 9.84 Å². The molecule has 6 nitrogen and oxygen atoms in total. The van der Waals surface area contributed by atoms with Crippen molar-refractivity contribution in [2.24, 2.45) is 0 Å². The maximum absolute atomic E-state index is 11.8. The van der Waals surface area contributed by atoms with Crippen LogP contribution in [0.15, 0.2) is 4.79 Å². The quantitative estimate of drug-likeness (QED) is 0.746. The molecule has 0 aliphatic carbocycles. The van der Waals surface area contributed by atoms with Crippen molar-refractivity contribution in [2.75, 3.05) is 12.8 Å². The number of aromatic nitrogens is 2. The van der Waals surface area contributed by atoms with E-state index in [0.717, 1.165) is 0 Å². The second kappa shape index (κ2) is 4.23. The average Bonchev–Trinajstić information content (AvgIpc) is 2.28. The molecule has 0 spiro atoms. The van der Waals surface area contributed by atoms with E-state index in [9.17, 15) is 13.2 Å². The highest BCUT2D eigenvalue weighted by Crippen LogP contribution is 2.16. The molecule has 94 valence electrons. The van der Waals surface area contributed by atoms with Crippen LogP contribution in [0, 0.1) is 0 Å². The monoisotopic (exact) mass is 257 g/mol. The first-order chi connectivity index (χ1) is 7.93. The normalized spacial score (nSPS) is 19.6. The van der Waals surface area contributed by atoms with Crippen molar-refractivity contribution in [1.82, 2.24) is 15.3 Å². The van der Waals surface area contributed by atoms with Crippen LogP contribution in [0.4, 0.5) is 0 Å². The van der Waals surface area contributed by atoms with Crippen LogP contribution in [0.3, 0.4) is 0 Å². The molecule has 0 saturated heterocycles. The first kappa shape index (κ1) is 12.3. The lowest BCUT2D eigenvalue weighted by Gasteiger charge is -2.17. The van der Waals surface area contributed by atoms with E-state index in [1.807, 2.05) is 6.92 Å². The van der Waals surface area contributed by atoms with Crippen molar-refractivity contribution in [2.45, 2.75) is 25.1 Å². The second-order valence-corrected chi connectivity index (χ2v) is 6.41. The van der Waals surface area contributed by atoms with Crippen molar-refractivity contribution in [3.05, 3.63) is 27.4 Å². The summed E-state index contributed by atoms with van der Waals surface area (Å²) in [6, 6.07) is -0.0634. The Labute approximate surface area is 99.4 Å². The number of H-pyrrole nitrogens is 1. The topological polar surface area (TPSA) is 91.9 Å². The van der Waals surface area contributed by atoms with Gasteiger partial charge in [0.05, 0.1) is 28.8 Å². The Morgan fingerprint density at radius 1 is 1.47 bits per heavy atom. The molecule has 0 aromatic carbocycles. The largest absolute Gasteiger partial charge is 0.311 e. The summed E-state index contributed by atoms with van der Waals surface area (Å²) in [6.45, 7) is 1.88. The summed E-state index contributed by atoms with van der Waals surface area (Å²) >= 11 is 0. The molecular formula is C10H15N3O3S. The minimum atomic E-state index is -3.13. The molecule has 0 bridgehead atoms. The van der Waals surface area contributed by atoms with Gasteiger partial charge in [0.2, 0.25) is 0 Å². The zero-order chi connectivity index (χ0) is 12.6. The minimum Gasteiger partial charge on any atom is -0.311 e. The summed E-state index contributed by atoms with van der Waals surface area (Å²) in [5.41, 5.74) is 0.569. The summed E-state index contributed by atoms with van der Waals surface area (Å²) in [4.78, 5) is 18.8. The third kappa shape index (κ3) is 2.39. The molecule has 7 heteroatoms. The van der Waals surface area contributed by atoms with Gasteiger partial charge >= 0.3 is 0 Å². The van der Waals surface area contributed by atoms with Gasteiger partial charge in [-0.3, -0.25) is 4.79 Å². The van der Waals surface area contributed by atoms with Gasteiger partial charge in [-0.2, -0.15) is 0 Å². The summed E-state index contributed by atoms with van der Waals surface area (Å²) in [7, 11) is -1.36. The molecule has 1 aromatic rings. The predicted molar refractivity (Wildman–Crippen MR) is 63.5 cm³/mol. The van der Waals surface area contributed by atoms with Crippen molar-refractivity contribution < 1.29 is 8.42 Å². The molecule has 2 heterocycles. The number of nitrogens with one attached hydrogen (secondary N) is 2. The number of aryl methyl sites for hydroxylation is 1. The fourth-order valence-corrected chi connectivity index (χ4v) is 3.19. The molecule has 17 heavy (non-hydrogen) atoms. The third-order valence-electron chi connectivity index (χ3n) is 2.98. The Morgan fingerprint density at radius 3 is 2.82 bits per heavy atom. The van der Waals surface area contributed by atoms with Gasteiger partial charge in [0.25, 0.3) is 5.56 Å². The van der Waals surface area contributed by atoms with Crippen molar-refractivity contribution in [1.29, 1.82) is 0 Å². The van der Waals surface area contributed by atoms with E-state index in [4.69, 9.17) is 0 Å². The average molecular weight is 257 g/mol. The molecule has 1 aliphatic rings. The van der Waals surface area contributed by atoms with Gasteiger partial charge in [0.15, 0.2) is 9.84 Å². The van der Waals surface area contributed by atoms with Crippen LogP contribution in [0.5, 0.6) is 0 Å². The number of fused-ring (bicyclic) bond motifs is 1. The van der Waals surface area contributed by atoms with E-state index < -0.39 is 9.84 Å². The van der Waals surface area contributed by atoms with Crippen LogP contribution in [0.2, 0.25) is 0 Å². The maximum atomic E-state index is 11.8. The van der Waals surface area contributed by atoms with E-state index in [0.29, 0.717) is 23.5 Å². The van der Waals surface area contributed by atoms with Gasteiger partial charge in [-0.25, -0.2) is 13.4 Å². The van der Waals surface area contributed by atoms with Gasteiger partial charge in [-0.15, -0.1) is 0 Å². The fraction of sp³-hybridized carbons (Fsp3) is 0.600. The lowest BCUT2D eigenvalue weighted by molar-refractivity contribution is 0.582. The Balaban J connectivity index is 2.51. The Kier molecular flexibility index (Phi) is 3.05. The van der Waals surface area contributed by atoms with Crippen LogP contribution < -0.4 is 10.9 Å². The van der Waals surface area contributed by atoms with Crippen LogP contribution in [0.1, 0.15) is 30.0 Å². The van der Waals surface area contributed by atoms with Gasteiger partial charge in [0, 0.05) is 6.42 Å². The number of sulfone groups is 1. The van der Waals surface area contributed by atoms with Crippen LogP contribution in [-0.4, -0.2) is 31.2 Å². The molecule has 0 radical (unpaired) electrons. The van der Waals surface area contributed by atoms with Gasteiger partial charge < -0.3 is 10.3 Å². The van der Waals surface area contributed by atoms with Gasteiger partial charge in [-0.1, -0.05) is 0 Å². The van der Waals surface area contributed by atoms with E-state index in [2.05, 4.69) is 15.3 Å². The van der Waals surface area contributed by atoms with E-state index in [1.54, 1.807) is 7.05 Å². The fourth-order valence-electron chi connectivity index (χ4n) is 1.81. The SMILES string of the molecule is CNC(C)c1nc2c(c(=O)[nH]1)CS(=O)(=O)CC2. The van der Waals surface area contributed by atoms with E-state index in [1.165, 1.54) is 0 Å². The first-order valence-electron chi connectivity index (χ1n) is 5.42. The number of rotatable bonds is 2. The summed E-state index contributed by atoms with van der Waals surface area (Å²) in [5.74, 6) is 0.429. The van der Waals surface area contributed by atoms with E-state index >= 15 is 0 Å². The second-order valence-electron chi connectivity index (χ2n) is 4.23. The Bertz CT molecular complexity index is 591.